The number of imidazole rings is 1. The van der Waals surface area contributed by atoms with Crippen molar-refractivity contribution in [2.75, 3.05) is 12.3 Å². The van der Waals surface area contributed by atoms with Crippen LogP contribution >= 0.6 is 23.1 Å². The number of rotatable bonds is 7. The van der Waals surface area contributed by atoms with Crippen LogP contribution in [0.5, 0.6) is 0 Å². The fourth-order valence-electron chi connectivity index (χ4n) is 2.02. The zero-order valence-electron chi connectivity index (χ0n) is 13.0. The number of carbonyl (C=O) groups is 1. The first kappa shape index (κ1) is 17.2. The quantitative estimate of drug-likeness (QED) is 0.293. The summed E-state index contributed by atoms with van der Waals surface area (Å²) >= 11 is 3.19. The highest BCUT2D eigenvalue weighted by molar-refractivity contribution is 7.99. The Balaban J connectivity index is 1.36. The van der Waals surface area contributed by atoms with E-state index in [1.165, 1.54) is 12.1 Å². The van der Waals surface area contributed by atoms with Crippen LogP contribution in [-0.2, 0) is 11.3 Å². The van der Waals surface area contributed by atoms with E-state index in [1.54, 1.807) is 41.6 Å². The van der Waals surface area contributed by atoms with Crippen molar-refractivity contribution < 1.29 is 14.5 Å². The number of nitrogens with one attached hydrogen (secondary N) is 1. The average Bonchev–Trinajstić information content (AvgIpc) is 3.21. The maximum atomic E-state index is 11.7. The van der Waals surface area contributed by atoms with Crippen molar-refractivity contribution in [2.45, 2.75) is 11.6 Å². The molecule has 1 amide bonds. The Bertz CT molecular complexity index is 875. The van der Waals surface area contributed by atoms with Crippen molar-refractivity contribution in [1.29, 1.82) is 0 Å². The molecule has 0 aliphatic carbocycles. The van der Waals surface area contributed by atoms with E-state index in [-0.39, 0.29) is 12.3 Å². The third-order valence-corrected chi connectivity index (χ3v) is 5.24. The Hall–Kier alpha value is -2.59. The van der Waals surface area contributed by atoms with Gasteiger partial charge in [0.1, 0.15) is 22.8 Å². The normalized spacial score (nSPS) is 10.7. The fourth-order valence-corrected chi connectivity index (χ4v) is 3.80. The smallest absolute Gasteiger partial charge is 0.407 e. The number of aromatic nitrogens is 2. The van der Waals surface area contributed by atoms with Crippen LogP contribution in [0.25, 0.3) is 4.83 Å². The van der Waals surface area contributed by atoms with Gasteiger partial charge in [0.2, 0.25) is 0 Å². The largest absolute Gasteiger partial charge is 0.445 e. The number of hydrogen-bond acceptors (Lipinski definition) is 7. The monoisotopic (exact) mass is 378 g/mol. The Kier molecular flexibility index (Phi) is 5.51. The summed E-state index contributed by atoms with van der Waals surface area (Å²) in [5, 5.41) is 16.2. The third kappa shape index (κ3) is 4.48. The molecule has 0 aliphatic heterocycles. The Morgan fingerprint density at radius 1 is 1.40 bits per heavy atom. The molecule has 0 spiro atoms. The maximum Gasteiger partial charge on any atom is 0.407 e. The second-order valence-electron chi connectivity index (χ2n) is 4.94. The minimum Gasteiger partial charge on any atom is -0.445 e. The number of non-ortho nitro benzene ring substituents is 1. The van der Waals surface area contributed by atoms with Crippen LogP contribution in [-0.4, -0.2) is 32.7 Å². The van der Waals surface area contributed by atoms with Gasteiger partial charge in [0.15, 0.2) is 0 Å². The molecule has 10 heteroatoms. The van der Waals surface area contributed by atoms with Crippen LogP contribution in [0, 0.1) is 10.1 Å². The first-order valence-electron chi connectivity index (χ1n) is 7.30. The average molecular weight is 378 g/mol. The molecule has 0 saturated heterocycles. The molecule has 0 bridgehead atoms. The van der Waals surface area contributed by atoms with E-state index in [0.717, 1.165) is 9.86 Å². The van der Waals surface area contributed by atoms with Crippen molar-refractivity contribution >= 4 is 39.7 Å². The number of ether oxygens (including phenoxy) is 1. The zero-order valence-corrected chi connectivity index (χ0v) is 14.6. The van der Waals surface area contributed by atoms with E-state index in [9.17, 15) is 14.9 Å². The molecule has 0 atom stereocenters. The number of nitro benzene ring substituents is 1. The molecule has 0 aliphatic rings. The van der Waals surface area contributed by atoms with Gasteiger partial charge in [-0.05, 0) is 17.7 Å². The summed E-state index contributed by atoms with van der Waals surface area (Å²) in [6.45, 7) is 0.516. The molecule has 0 unspecified atom stereocenters. The summed E-state index contributed by atoms with van der Waals surface area (Å²) in [5.41, 5.74) is 0.692. The van der Waals surface area contributed by atoms with Crippen LogP contribution < -0.4 is 5.32 Å². The lowest BCUT2D eigenvalue weighted by Gasteiger charge is -2.06. The van der Waals surface area contributed by atoms with Crippen molar-refractivity contribution in [3.05, 3.63) is 57.8 Å². The van der Waals surface area contributed by atoms with Gasteiger partial charge in [-0.1, -0.05) is 0 Å². The minimum absolute atomic E-state index is 0.00404. The van der Waals surface area contributed by atoms with Crippen LogP contribution in [0.2, 0.25) is 0 Å². The minimum atomic E-state index is -0.523. The van der Waals surface area contributed by atoms with Gasteiger partial charge in [0.25, 0.3) is 5.69 Å². The zero-order chi connectivity index (χ0) is 17.6. The molecule has 130 valence electrons. The predicted octanol–water partition coefficient (Wildman–Crippen LogP) is 3.32. The number of nitro groups is 1. The fraction of sp³-hybridized carbons (Fsp3) is 0.200. The van der Waals surface area contributed by atoms with E-state index in [2.05, 4.69) is 10.3 Å². The van der Waals surface area contributed by atoms with E-state index in [4.69, 9.17) is 4.74 Å². The molecule has 25 heavy (non-hydrogen) atoms. The summed E-state index contributed by atoms with van der Waals surface area (Å²) in [4.78, 5) is 27.2. The standard InChI is InChI=1S/C15H14N4O4S2/c20-15(23-9-11-1-3-12(4-2-11)19(21)22)16-5-7-24-13-14-18(10-17-13)6-8-25-14/h1-4,6,8,10H,5,7,9H2,(H,16,20). The van der Waals surface area contributed by atoms with Gasteiger partial charge >= 0.3 is 6.09 Å². The SMILES string of the molecule is O=C(NCCSc1ncn2ccsc12)OCc1ccc([N+](=O)[O-])cc1. The molecular weight excluding hydrogens is 364 g/mol. The van der Waals surface area contributed by atoms with Gasteiger partial charge in [-0.2, -0.15) is 0 Å². The number of alkyl carbamates (subject to hydrolysis) is 1. The van der Waals surface area contributed by atoms with E-state index >= 15 is 0 Å². The Labute approximate surface area is 151 Å². The number of benzene rings is 1. The van der Waals surface area contributed by atoms with Crippen LogP contribution in [0.15, 0.2) is 47.2 Å². The molecule has 0 radical (unpaired) electrons. The van der Waals surface area contributed by atoms with Gasteiger partial charge in [0.05, 0.1) is 4.92 Å². The van der Waals surface area contributed by atoms with Crippen molar-refractivity contribution in [3.63, 3.8) is 0 Å². The lowest BCUT2D eigenvalue weighted by atomic mass is 10.2. The van der Waals surface area contributed by atoms with Crippen LogP contribution in [0.4, 0.5) is 10.5 Å². The topological polar surface area (TPSA) is 98.8 Å². The molecule has 1 aromatic carbocycles. The molecule has 0 saturated carbocycles. The summed E-state index contributed by atoms with van der Waals surface area (Å²) in [7, 11) is 0. The lowest BCUT2D eigenvalue weighted by molar-refractivity contribution is -0.384. The van der Waals surface area contributed by atoms with E-state index < -0.39 is 11.0 Å². The number of nitrogens with zero attached hydrogens (tertiary/aromatic N) is 3. The lowest BCUT2D eigenvalue weighted by Crippen LogP contribution is -2.26. The molecular formula is C15H14N4O4S2. The number of hydrogen-bond donors (Lipinski definition) is 1. The van der Waals surface area contributed by atoms with E-state index in [0.29, 0.717) is 17.9 Å². The van der Waals surface area contributed by atoms with Gasteiger partial charge in [-0.25, -0.2) is 9.78 Å². The second-order valence-corrected chi connectivity index (χ2v) is 6.92. The predicted molar refractivity (Wildman–Crippen MR) is 95.1 cm³/mol. The third-order valence-electron chi connectivity index (χ3n) is 3.25. The highest BCUT2D eigenvalue weighted by Gasteiger charge is 2.08. The molecule has 2 heterocycles. The summed E-state index contributed by atoms with van der Waals surface area (Å²) in [6, 6.07) is 5.88. The van der Waals surface area contributed by atoms with Gasteiger partial charge in [0, 0.05) is 36.0 Å². The number of thioether (sulfide) groups is 1. The first-order valence-corrected chi connectivity index (χ1v) is 9.17. The van der Waals surface area contributed by atoms with Crippen molar-refractivity contribution in [1.82, 2.24) is 14.7 Å². The Morgan fingerprint density at radius 3 is 2.96 bits per heavy atom. The maximum absolute atomic E-state index is 11.7. The summed E-state index contributed by atoms with van der Waals surface area (Å²) in [5.74, 6) is 0.678. The molecule has 3 rings (SSSR count). The highest BCUT2D eigenvalue weighted by Crippen LogP contribution is 2.25. The molecule has 1 N–H and O–H groups in total. The number of amides is 1. The van der Waals surface area contributed by atoms with Crippen LogP contribution in [0.1, 0.15) is 5.56 Å². The highest BCUT2D eigenvalue weighted by atomic mass is 32.2. The van der Waals surface area contributed by atoms with Crippen molar-refractivity contribution in [3.8, 4) is 0 Å². The van der Waals surface area contributed by atoms with E-state index in [1.807, 2.05) is 16.0 Å². The molecule has 8 nitrogen and oxygen atoms in total. The molecule has 0 fully saturated rings. The number of carbonyl (C=O) groups excluding carboxylic acids is 1. The summed E-state index contributed by atoms with van der Waals surface area (Å²) in [6.07, 6.45) is 3.19. The summed E-state index contributed by atoms with van der Waals surface area (Å²) < 4.78 is 7.03. The first-order chi connectivity index (χ1) is 12.1. The van der Waals surface area contributed by atoms with Crippen molar-refractivity contribution in [2.24, 2.45) is 0 Å². The van der Waals surface area contributed by atoms with Crippen LogP contribution in [0.3, 0.4) is 0 Å². The Morgan fingerprint density at radius 2 is 2.20 bits per heavy atom. The van der Waals surface area contributed by atoms with Gasteiger partial charge < -0.3 is 10.1 Å². The molecule has 2 aromatic heterocycles. The number of thiazole rings is 1. The second kappa shape index (κ2) is 7.99. The molecule has 3 aromatic rings. The number of fused-ring (bicyclic) bond motifs is 1. The van der Waals surface area contributed by atoms with Gasteiger partial charge in [-0.15, -0.1) is 23.1 Å². The van der Waals surface area contributed by atoms with Gasteiger partial charge in [-0.3, -0.25) is 14.5 Å².